The summed E-state index contributed by atoms with van der Waals surface area (Å²) in [7, 11) is 0. The van der Waals surface area contributed by atoms with Crippen LogP contribution < -0.4 is 9.47 Å². The molecular formula is C17H17NO3. The first-order valence-electron chi connectivity index (χ1n) is 6.77. The fraction of sp³-hybridized carbons (Fsp3) is 0.235. The van der Waals surface area contributed by atoms with E-state index in [1.54, 1.807) is 18.2 Å². The van der Waals surface area contributed by atoms with Crippen LogP contribution in [0.4, 0.5) is 0 Å². The Bertz CT molecular complexity index is 602. The molecule has 0 atom stereocenters. The number of aliphatic hydroxyl groups is 1. The molecule has 0 saturated carbocycles. The van der Waals surface area contributed by atoms with Crippen LogP contribution in [0.15, 0.2) is 48.5 Å². The number of hydrogen-bond donors (Lipinski definition) is 1. The van der Waals surface area contributed by atoms with Gasteiger partial charge < -0.3 is 14.6 Å². The van der Waals surface area contributed by atoms with Crippen LogP contribution in [0.5, 0.6) is 11.5 Å². The maximum atomic E-state index is 8.94. The molecule has 0 bridgehead atoms. The molecule has 0 amide bonds. The lowest BCUT2D eigenvalue weighted by Crippen LogP contribution is -2.05. The van der Waals surface area contributed by atoms with E-state index in [4.69, 9.17) is 19.8 Å². The van der Waals surface area contributed by atoms with Crippen LogP contribution in [0.1, 0.15) is 17.5 Å². The number of rotatable bonds is 7. The van der Waals surface area contributed by atoms with Gasteiger partial charge in [0.2, 0.25) is 0 Å². The van der Waals surface area contributed by atoms with Gasteiger partial charge in [0, 0.05) is 6.42 Å². The molecule has 0 aliphatic rings. The first kappa shape index (κ1) is 14.9. The van der Waals surface area contributed by atoms with Crippen molar-refractivity contribution in [1.29, 1.82) is 5.26 Å². The molecule has 0 spiro atoms. The van der Waals surface area contributed by atoms with Crippen molar-refractivity contribution in [1.82, 2.24) is 0 Å². The van der Waals surface area contributed by atoms with E-state index >= 15 is 0 Å². The molecule has 0 aliphatic carbocycles. The Morgan fingerprint density at radius 3 is 2.33 bits per heavy atom. The predicted octanol–water partition coefficient (Wildman–Crippen LogP) is 2.90. The van der Waals surface area contributed by atoms with Crippen LogP contribution in [0.3, 0.4) is 0 Å². The van der Waals surface area contributed by atoms with Crippen LogP contribution in [0, 0.1) is 11.3 Å². The molecule has 1 N–H and O–H groups in total. The van der Waals surface area contributed by atoms with Crippen LogP contribution >= 0.6 is 0 Å². The average Bonchev–Trinajstić information content (AvgIpc) is 2.55. The van der Waals surface area contributed by atoms with Gasteiger partial charge in [0.25, 0.3) is 0 Å². The molecule has 0 fully saturated rings. The third-order valence-electron chi connectivity index (χ3n) is 2.90. The summed E-state index contributed by atoms with van der Waals surface area (Å²) >= 11 is 0. The lowest BCUT2D eigenvalue weighted by atomic mass is 10.2. The van der Waals surface area contributed by atoms with Crippen molar-refractivity contribution < 1.29 is 14.6 Å². The Morgan fingerprint density at radius 2 is 1.67 bits per heavy atom. The molecule has 2 rings (SSSR count). The molecule has 0 heterocycles. The summed E-state index contributed by atoms with van der Waals surface area (Å²) in [5, 5.41) is 17.7. The molecule has 0 aromatic heterocycles. The van der Waals surface area contributed by atoms with Gasteiger partial charge in [-0.2, -0.15) is 5.26 Å². The Hall–Kier alpha value is -2.51. The predicted molar refractivity (Wildman–Crippen MR) is 79.1 cm³/mol. The molecule has 4 nitrogen and oxygen atoms in total. The molecule has 2 aromatic carbocycles. The molecular weight excluding hydrogens is 266 g/mol. The molecule has 21 heavy (non-hydrogen) atoms. The maximum Gasteiger partial charge on any atom is 0.120 e. The number of aliphatic hydroxyl groups excluding tert-OH is 1. The Kier molecular flexibility index (Phi) is 5.62. The minimum atomic E-state index is 0.0376. The highest BCUT2D eigenvalue weighted by Crippen LogP contribution is 2.14. The monoisotopic (exact) mass is 283 g/mol. The van der Waals surface area contributed by atoms with Gasteiger partial charge in [0.15, 0.2) is 0 Å². The Balaban J connectivity index is 1.68. The minimum Gasteiger partial charge on any atom is -0.493 e. The van der Waals surface area contributed by atoms with E-state index in [0.717, 1.165) is 17.7 Å². The zero-order valence-corrected chi connectivity index (χ0v) is 11.7. The van der Waals surface area contributed by atoms with Crippen molar-refractivity contribution in [3.05, 3.63) is 59.7 Å². The van der Waals surface area contributed by atoms with Crippen LogP contribution in [0.2, 0.25) is 0 Å². The van der Waals surface area contributed by atoms with Crippen molar-refractivity contribution in [2.24, 2.45) is 0 Å². The van der Waals surface area contributed by atoms with E-state index in [2.05, 4.69) is 6.07 Å². The Morgan fingerprint density at radius 1 is 0.952 bits per heavy atom. The van der Waals surface area contributed by atoms with E-state index in [9.17, 15) is 0 Å². The second-order valence-corrected chi connectivity index (χ2v) is 4.49. The van der Waals surface area contributed by atoms with Crippen LogP contribution in [0.25, 0.3) is 0 Å². The van der Waals surface area contributed by atoms with E-state index in [1.807, 2.05) is 30.3 Å². The lowest BCUT2D eigenvalue weighted by molar-refractivity contribution is 0.247. The normalized spacial score (nSPS) is 9.90. The third-order valence-corrected chi connectivity index (χ3v) is 2.90. The third kappa shape index (κ3) is 4.83. The van der Waals surface area contributed by atoms with Gasteiger partial charge >= 0.3 is 0 Å². The van der Waals surface area contributed by atoms with E-state index in [-0.39, 0.29) is 6.61 Å². The second kappa shape index (κ2) is 7.93. The molecule has 2 aromatic rings. The van der Waals surface area contributed by atoms with Gasteiger partial charge in [-0.15, -0.1) is 0 Å². The molecule has 0 aliphatic heterocycles. The minimum absolute atomic E-state index is 0.0376. The van der Waals surface area contributed by atoms with Crippen molar-refractivity contribution in [3.8, 4) is 17.6 Å². The zero-order chi connectivity index (χ0) is 14.9. The van der Waals surface area contributed by atoms with Gasteiger partial charge in [-0.05, 0) is 35.9 Å². The largest absolute Gasteiger partial charge is 0.493 e. The lowest BCUT2D eigenvalue weighted by Gasteiger charge is -2.08. The van der Waals surface area contributed by atoms with Crippen molar-refractivity contribution in [3.63, 3.8) is 0 Å². The van der Waals surface area contributed by atoms with Gasteiger partial charge in [0.05, 0.1) is 31.5 Å². The van der Waals surface area contributed by atoms with Crippen LogP contribution in [-0.2, 0) is 6.61 Å². The zero-order valence-electron chi connectivity index (χ0n) is 11.7. The number of benzene rings is 2. The molecule has 108 valence electrons. The van der Waals surface area contributed by atoms with Gasteiger partial charge in [0.1, 0.15) is 11.5 Å². The first-order valence-corrected chi connectivity index (χ1v) is 6.77. The summed E-state index contributed by atoms with van der Waals surface area (Å²) < 4.78 is 11.1. The number of nitrogens with zero attached hydrogens (tertiary/aromatic N) is 1. The quantitative estimate of drug-likeness (QED) is 0.794. The summed E-state index contributed by atoms with van der Waals surface area (Å²) in [5.41, 5.74) is 1.45. The Labute approximate surface area is 124 Å². The number of ether oxygens (including phenoxy) is 2. The molecule has 0 radical (unpaired) electrons. The van der Waals surface area contributed by atoms with Crippen LogP contribution in [-0.4, -0.2) is 18.3 Å². The second-order valence-electron chi connectivity index (χ2n) is 4.49. The first-order chi connectivity index (χ1) is 10.3. The van der Waals surface area contributed by atoms with Crippen molar-refractivity contribution in [2.75, 3.05) is 13.2 Å². The summed E-state index contributed by atoms with van der Waals surface area (Å²) in [6.45, 7) is 1.12. The highest BCUT2D eigenvalue weighted by molar-refractivity contribution is 5.36. The highest BCUT2D eigenvalue weighted by atomic mass is 16.5. The van der Waals surface area contributed by atoms with Gasteiger partial charge in [-0.3, -0.25) is 0 Å². The molecule has 4 heteroatoms. The number of nitriles is 1. The van der Waals surface area contributed by atoms with E-state index in [1.165, 1.54) is 0 Å². The van der Waals surface area contributed by atoms with E-state index in [0.29, 0.717) is 24.5 Å². The molecule has 0 saturated heterocycles. The summed E-state index contributed by atoms with van der Waals surface area (Å²) in [5.74, 6) is 1.47. The van der Waals surface area contributed by atoms with Gasteiger partial charge in [-0.25, -0.2) is 0 Å². The maximum absolute atomic E-state index is 8.94. The standard InChI is InChI=1S/C17H17NO3/c18-12-15-3-1-4-17(11-15)21-10-2-9-20-16-7-5-14(13-19)6-8-16/h1,3-8,11,19H,2,9-10,13H2. The van der Waals surface area contributed by atoms with E-state index < -0.39 is 0 Å². The summed E-state index contributed by atoms with van der Waals surface area (Å²) in [4.78, 5) is 0. The fourth-order valence-electron chi connectivity index (χ4n) is 1.79. The van der Waals surface area contributed by atoms with Crippen molar-refractivity contribution >= 4 is 0 Å². The van der Waals surface area contributed by atoms with Gasteiger partial charge in [-0.1, -0.05) is 18.2 Å². The summed E-state index contributed by atoms with van der Waals surface area (Å²) in [6.07, 6.45) is 0.749. The average molecular weight is 283 g/mol. The number of hydrogen-bond acceptors (Lipinski definition) is 4. The van der Waals surface area contributed by atoms with Crippen molar-refractivity contribution in [2.45, 2.75) is 13.0 Å². The summed E-state index contributed by atoms with van der Waals surface area (Å²) in [6, 6.07) is 16.5. The SMILES string of the molecule is N#Cc1cccc(OCCCOc2ccc(CO)cc2)c1. The highest BCUT2D eigenvalue weighted by Gasteiger charge is 1.98. The molecule has 0 unspecified atom stereocenters. The fourth-order valence-corrected chi connectivity index (χ4v) is 1.79. The topological polar surface area (TPSA) is 62.5 Å². The smallest absolute Gasteiger partial charge is 0.120 e.